The van der Waals surface area contributed by atoms with Crippen LogP contribution in [0.2, 0.25) is 5.02 Å². The van der Waals surface area contributed by atoms with Crippen molar-refractivity contribution in [2.24, 2.45) is 11.8 Å². The Hall–Kier alpha value is -1.75. The Morgan fingerprint density at radius 1 is 1.38 bits per heavy atom. The van der Waals surface area contributed by atoms with E-state index in [1.807, 2.05) is 6.92 Å². The topological polar surface area (TPSA) is 75.6 Å². The summed E-state index contributed by atoms with van der Waals surface area (Å²) in [5.74, 6) is -1.38. The first-order chi connectivity index (χ1) is 9.81. The number of nitrogens with one attached hydrogen (secondary N) is 1. The minimum absolute atomic E-state index is 0.0531. The zero-order valence-corrected chi connectivity index (χ0v) is 13.1. The number of aliphatic carboxylic acids is 1. The molecule has 0 saturated carbocycles. The predicted octanol–water partition coefficient (Wildman–Crippen LogP) is 2.50. The Morgan fingerprint density at radius 2 is 2.05 bits per heavy atom. The number of aryl methyl sites for hydroxylation is 1. The number of halogens is 1. The van der Waals surface area contributed by atoms with Gasteiger partial charge in [-0.2, -0.15) is 0 Å². The highest BCUT2D eigenvalue weighted by molar-refractivity contribution is 6.31. The number of carbonyl (C=O) groups is 2. The average molecular weight is 314 g/mol. The predicted molar refractivity (Wildman–Crippen MR) is 80.7 cm³/mol. The molecule has 0 radical (unpaired) electrons. The van der Waals surface area contributed by atoms with E-state index in [1.54, 1.807) is 32.0 Å². The number of hydrogen-bond donors (Lipinski definition) is 2. The van der Waals surface area contributed by atoms with Crippen molar-refractivity contribution in [2.75, 3.05) is 13.2 Å². The van der Waals surface area contributed by atoms with Crippen LogP contribution < -0.4 is 10.1 Å². The Labute approximate surface area is 129 Å². The van der Waals surface area contributed by atoms with Gasteiger partial charge in [0.25, 0.3) is 5.91 Å². The Kier molecular flexibility index (Phi) is 6.49. The van der Waals surface area contributed by atoms with Gasteiger partial charge in [-0.3, -0.25) is 9.59 Å². The highest BCUT2D eigenvalue weighted by Gasteiger charge is 2.21. The molecule has 116 valence electrons. The van der Waals surface area contributed by atoms with Gasteiger partial charge in [-0.05, 0) is 36.6 Å². The van der Waals surface area contributed by atoms with Gasteiger partial charge in [0.2, 0.25) is 0 Å². The van der Waals surface area contributed by atoms with Crippen LogP contribution in [0.1, 0.15) is 19.4 Å². The minimum Gasteiger partial charge on any atom is -0.484 e. The fraction of sp³-hybridized carbons (Fsp3) is 0.467. The molecule has 0 spiro atoms. The lowest BCUT2D eigenvalue weighted by molar-refractivity contribution is -0.143. The van der Waals surface area contributed by atoms with Crippen LogP contribution in [-0.4, -0.2) is 30.1 Å². The standard InChI is InChI=1S/C15H20ClNO4/c1-9(2)12(15(19)20)7-17-14(18)8-21-11-4-5-13(16)10(3)6-11/h4-6,9,12H,7-8H2,1-3H3,(H,17,18)(H,19,20). The van der Waals surface area contributed by atoms with Gasteiger partial charge in [0.1, 0.15) is 5.75 Å². The quantitative estimate of drug-likeness (QED) is 0.811. The summed E-state index contributed by atoms with van der Waals surface area (Å²) in [5.41, 5.74) is 0.861. The van der Waals surface area contributed by atoms with E-state index in [0.717, 1.165) is 5.56 Å². The normalized spacial score (nSPS) is 12.0. The largest absolute Gasteiger partial charge is 0.484 e. The van der Waals surface area contributed by atoms with E-state index < -0.39 is 11.9 Å². The highest BCUT2D eigenvalue weighted by Crippen LogP contribution is 2.20. The second-order valence-corrected chi connectivity index (χ2v) is 5.60. The van der Waals surface area contributed by atoms with E-state index in [4.69, 9.17) is 21.4 Å². The first kappa shape index (κ1) is 17.3. The van der Waals surface area contributed by atoms with E-state index in [2.05, 4.69) is 5.32 Å². The first-order valence-electron chi connectivity index (χ1n) is 6.69. The highest BCUT2D eigenvalue weighted by atomic mass is 35.5. The molecular formula is C15H20ClNO4. The van der Waals surface area contributed by atoms with E-state index in [-0.39, 0.29) is 25.0 Å². The number of carboxylic acid groups (broad SMARTS) is 1. The van der Waals surface area contributed by atoms with Gasteiger partial charge in [-0.1, -0.05) is 25.4 Å². The van der Waals surface area contributed by atoms with Gasteiger partial charge in [-0.25, -0.2) is 0 Å². The zero-order valence-electron chi connectivity index (χ0n) is 12.4. The minimum atomic E-state index is -0.917. The summed E-state index contributed by atoms with van der Waals surface area (Å²) in [7, 11) is 0. The fourth-order valence-electron chi connectivity index (χ4n) is 1.74. The van der Waals surface area contributed by atoms with Crippen molar-refractivity contribution >= 4 is 23.5 Å². The van der Waals surface area contributed by atoms with E-state index in [1.165, 1.54) is 0 Å². The van der Waals surface area contributed by atoms with Crippen molar-refractivity contribution in [3.63, 3.8) is 0 Å². The summed E-state index contributed by atoms with van der Waals surface area (Å²) in [6, 6.07) is 5.11. The maximum Gasteiger partial charge on any atom is 0.308 e. The molecule has 1 aromatic carbocycles. The van der Waals surface area contributed by atoms with E-state index in [9.17, 15) is 9.59 Å². The van der Waals surface area contributed by atoms with Crippen LogP contribution in [0, 0.1) is 18.8 Å². The summed E-state index contributed by atoms with van der Waals surface area (Å²) < 4.78 is 5.34. The number of carbonyl (C=O) groups excluding carboxylic acids is 1. The fourth-order valence-corrected chi connectivity index (χ4v) is 1.86. The Bertz CT molecular complexity index is 516. The molecule has 0 aromatic heterocycles. The molecule has 1 amide bonds. The van der Waals surface area contributed by atoms with Gasteiger partial charge >= 0.3 is 5.97 Å². The van der Waals surface area contributed by atoms with Crippen molar-refractivity contribution in [2.45, 2.75) is 20.8 Å². The number of amides is 1. The molecule has 1 aromatic rings. The first-order valence-corrected chi connectivity index (χ1v) is 7.07. The maximum absolute atomic E-state index is 11.7. The molecule has 5 nitrogen and oxygen atoms in total. The van der Waals surface area contributed by atoms with Crippen LogP contribution in [0.15, 0.2) is 18.2 Å². The van der Waals surface area contributed by atoms with Crippen LogP contribution in [-0.2, 0) is 9.59 Å². The number of rotatable bonds is 7. The number of hydrogen-bond acceptors (Lipinski definition) is 3. The zero-order chi connectivity index (χ0) is 16.0. The third-order valence-electron chi connectivity index (χ3n) is 3.14. The summed E-state index contributed by atoms with van der Waals surface area (Å²) in [4.78, 5) is 22.7. The molecule has 1 atom stereocenters. The van der Waals surface area contributed by atoms with Crippen LogP contribution in [0.4, 0.5) is 0 Å². The summed E-state index contributed by atoms with van der Waals surface area (Å²) >= 11 is 5.90. The van der Waals surface area contributed by atoms with Crippen LogP contribution in [0.3, 0.4) is 0 Å². The van der Waals surface area contributed by atoms with Gasteiger partial charge in [0, 0.05) is 11.6 Å². The molecular weight excluding hydrogens is 294 g/mol. The number of ether oxygens (including phenoxy) is 1. The average Bonchev–Trinajstić information content (AvgIpc) is 2.39. The molecule has 6 heteroatoms. The molecule has 0 bridgehead atoms. The second-order valence-electron chi connectivity index (χ2n) is 5.19. The lowest BCUT2D eigenvalue weighted by Gasteiger charge is -2.16. The van der Waals surface area contributed by atoms with Crippen molar-refractivity contribution < 1.29 is 19.4 Å². The lowest BCUT2D eigenvalue weighted by Crippen LogP contribution is -2.37. The van der Waals surface area contributed by atoms with E-state index in [0.29, 0.717) is 10.8 Å². The number of benzene rings is 1. The molecule has 2 N–H and O–H groups in total. The Morgan fingerprint density at radius 3 is 2.57 bits per heavy atom. The third-order valence-corrected chi connectivity index (χ3v) is 3.56. The van der Waals surface area contributed by atoms with Crippen molar-refractivity contribution in [3.8, 4) is 5.75 Å². The molecule has 1 unspecified atom stereocenters. The van der Waals surface area contributed by atoms with Gasteiger partial charge in [0.15, 0.2) is 6.61 Å². The molecule has 0 aliphatic rings. The number of carboxylic acids is 1. The van der Waals surface area contributed by atoms with Gasteiger partial charge in [0.05, 0.1) is 5.92 Å². The molecule has 0 saturated heterocycles. The summed E-state index contributed by atoms with van der Waals surface area (Å²) in [6.45, 7) is 5.38. The van der Waals surface area contributed by atoms with Crippen molar-refractivity contribution in [1.82, 2.24) is 5.32 Å². The Balaban J connectivity index is 2.43. The third kappa shape index (κ3) is 5.63. The van der Waals surface area contributed by atoms with Crippen LogP contribution in [0.25, 0.3) is 0 Å². The summed E-state index contributed by atoms with van der Waals surface area (Å²) in [6.07, 6.45) is 0. The SMILES string of the molecule is Cc1cc(OCC(=O)NCC(C(=O)O)C(C)C)ccc1Cl. The molecule has 0 aliphatic heterocycles. The lowest BCUT2D eigenvalue weighted by atomic mass is 9.96. The molecule has 0 heterocycles. The molecule has 0 fully saturated rings. The smallest absolute Gasteiger partial charge is 0.308 e. The maximum atomic E-state index is 11.7. The van der Waals surface area contributed by atoms with Gasteiger partial charge in [-0.15, -0.1) is 0 Å². The van der Waals surface area contributed by atoms with E-state index >= 15 is 0 Å². The van der Waals surface area contributed by atoms with Gasteiger partial charge < -0.3 is 15.2 Å². The second kappa shape index (κ2) is 7.88. The van der Waals surface area contributed by atoms with Crippen molar-refractivity contribution in [3.05, 3.63) is 28.8 Å². The molecule has 0 aliphatic carbocycles. The monoisotopic (exact) mass is 313 g/mol. The van der Waals surface area contributed by atoms with Crippen LogP contribution in [0.5, 0.6) is 5.75 Å². The van der Waals surface area contributed by atoms with Crippen molar-refractivity contribution in [1.29, 1.82) is 0 Å². The summed E-state index contributed by atoms with van der Waals surface area (Å²) in [5, 5.41) is 12.2. The van der Waals surface area contributed by atoms with Crippen LogP contribution >= 0.6 is 11.6 Å². The molecule has 21 heavy (non-hydrogen) atoms. The molecule has 1 rings (SSSR count).